The molecular weight excluding hydrogens is 372 g/mol. The fraction of sp³-hybridized carbons (Fsp3) is 0.211. The fourth-order valence-electron chi connectivity index (χ4n) is 2.36. The number of rotatable bonds is 7. The van der Waals surface area contributed by atoms with E-state index in [0.717, 1.165) is 5.56 Å². The van der Waals surface area contributed by atoms with Crippen molar-refractivity contribution in [3.05, 3.63) is 64.7 Å². The highest BCUT2D eigenvalue weighted by Gasteiger charge is 2.16. The molecule has 0 aliphatic rings. The van der Waals surface area contributed by atoms with Crippen LogP contribution in [0.25, 0.3) is 0 Å². The summed E-state index contributed by atoms with van der Waals surface area (Å²) in [7, 11) is -3.68. The minimum Gasteiger partial charge on any atom is -0.345 e. The van der Waals surface area contributed by atoms with Crippen molar-refractivity contribution in [1.82, 2.24) is 10.0 Å². The first-order chi connectivity index (χ1) is 12.4. The Morgan fingerprint density at radius 3 is 2.31 bits per heavy atom. The smallest absolute Gasteiger partial charge is 0.251 e. The van der Waals surface area contributed by atoms with E-state index in [1.807, 2.05) is 19.1 Å². The van der Waals surface area contributed by atoms with Crippen molar-refractivity contribution in [2.24, 2.45) is 0 Å². The largest absolute Gasteiger partial charge is 0.345 e. The van der Waals surface area contributed by atoms with Gasteiger partial charge in [0, 0.05) is 10.6 Å². The van der Waals surface area contributed by atoms with Crippen LogP contribution in [0.5, 0.6) is 0 Å². The molecule has 7 heteroatoms. The Morgan fingerprint density at radius 2 is 1.77 bits per heavy atom. The first kappa shape index (κ1) is 20.0. The molecule has 5 nitrogen and oxygen atoms in total. The molecule has 0 fully saturated rings. The third-order valence-electron chi connectivity index (χ3n) is 3.78. The molecule has 2 N–H and O–H groups in total. The molecule has 0 aliphatic heterocycles. The molecule has 0 aliphatic carbocycles. The highest BCUT2D eigenvalue weighted by atomic mass is 35.5. The fourth-order valence-corrected chi connectivity index (χ4v) is 3.42. The zero-order valence-corrected chi connectivity index (χ0v) is 15.8. The van der Waals surface area contributed by atoms with Crippen LogP contribution in [0.2, 0.25) is 5.02 Å². The van der Waals surface area contributed by atoms with Crippen LogP contribution in [0.4, 0.5) is 0 Å². The summed E-state index contributed by atoms with van der Waals surface area (Å²) < 4.78 is 26.2. The summed E-state index contributed by atoms with van der Waals surface area (Å²) in [6.45, 7) is 1.87. The van der Waals surface area contributed by atoms with Gasteiger partial charge in [-0.1, -0.05) is 36.6 Å². The minimum absolute atomic E-state index is 0.0500. The molecule has 1 amide bonds. The molecule has 0 saturated heterocycles. The summed E-state index contributed by atoms with van der Waals surface area (Å²) >= 11 is 5.89. The van der Waals surface area contributed by atoms with Gasteiger partial charge in [-0.25, -0.2) is 8.42 Å². The van der Waals surface area contributed by atoms with E-state index in [1.54, 1.807) is 12.1 Å². The van der Waals surface area contributed by atoms with E-state index in [9.17, 15) is 13.2 Å². The Kier molecular flexibility index (Phi) is 6.81. The maximum atomic E-state index is 12.5. The molecule has 0 saturated carbocycles. The first-order valence-corrected chi connectivity index (χ1v) is 9.83. The topological polar surface area (TPSA) is 75.3 Å². The normalized spacial score (nSPS) is 12.2. The summed E-state index contributed by atoms with van der Waals surface area (Å²) in [5.41, 5.74) is 1.32. The SMILES string of the molecule is C#CCNS(=O)(=O)c1ccc(C(=O)NC(CC)c2ccc(Cl)cc2)cc1. The van der Waals surface area contributed by atoms with Gasteiger partial charge in [0.1, 0.15) is 0 Å². The number of sulfonamides is 1. The van der Waals surface area contributed by atoms with E-state index in [4.69, 9.17) is 18.0 Å². The standard InChI is InChI=1S/C19H19ClN2O3S/c1-3-13-21-26(24,25)17-11-7-15(8-12-17)19(23)22-18(4-2)14-5-9-16(20)10-6-14/h1,5-12,18,21H,4,13H2,2H3,(H,22,23). The lowest BCUT2D eigenvalue weighted by Gasteiger charge is -2.17. The van der Waals surface area contributed by atoms with Gasteiger partial charge in [0.05, 0.1) is 17.5 Å². The van der Waals surface area contributed by atoms with Gasteiger partial charge in [-0.15, -0.1) is 6.42 Å². The maximum absolute atomic E-state index is 12.5. The minimum atomic E-state index is -3.68. The number of benzene rings is 2. The predicted molar refractivity (Wildman–Crippen MR) is 102 cm³/mol. The van der Waals surface area contributed by atoms with Crippen LogP contribution in [0.15, 0.2) is 53.4 Å². The van der Waals surface area contributed by atoms with Crippen molar-refractivity contribution in [2.45, 2.75) is 24.3 Å². The van der Waals surface area contributed by atoms with Crippen molar-refractivity contribution in [1.29, 1.82) is 0 Å². The van der Waals surface area contributed by atoms with Crippen LogP contribution in [0.1, 0.15) is 35.3 Å². The zero-order valence-electron chi connectivity index (χ0n) is 14.2. The van der Waals surface area contributed by atoms with Crippen molar-refractivity contribution in [2.75, 3.05) is 6.54 Å². The van der Waals surface area contributed by atoms with E-state index < -0.39 is 10.0 Å². The molecule has 1 unspecified atom stereocenters. The third kappa shape index (κ3) is 5.09. The Balaban J connectivity index is 2.12. The maximum Gasteiger partial charge on any atom is 0.251 e. The zero-order chi connectivity index (χ0) is 19.2. The van der Waals surface area contributed by atoms with Crippen LogP contribution in [-0.2, 0) is 10.0 Å². The number of amides is 1. The highest BCUT2D eigenvalue weighted by molar-refractivity contribution is 7.89. The number of carbonyl (C=O) groups is 1. The second-order valence-corrected chi connectivity index (χ2v) is 7.74. The van der Waals surface area contributed by atoms with Crippen LogP contribution < -0.4 is 10.0 Å². The molecule has 2 aromatic carbocycles. The lowest BCUT2D eigenvalue weighted by molar-refractivity contribution is 0.0935. The Labute approximate surface area is 158 Å². The monoisotopic (exact) mass is 390 g/mol. The predicted octanol–water partition coefficient (Wildman–Crippen LogP) is 3.13. The molecule has 2 aromatic rings. The summed E-state index contributed by atoms with van der Waals surface area (Å²) in [6.07, 6.45) is 5.76. The van der Waals surface area contributed by atoms with Gasteiger partial charge in [-0.2, -0.15) is 4.72 Å². The molecular formula is C19H19ClN2O3S. The number of halogens is 1. The number of carbonyl (C=O) groups excluding carboxylic acids is 1. The van der Waals surface area contributed by atoms with Gasteiger partial charge in [0.25, 0.3) is 5.91 Å². The summed E-state index contributed by atoms with van der Waals surface area (Å²) in [5.74, 6) is 1.92. The Hall–Kier alpha value is -2.33. The molecule has 136 valence electrons. The summed E-state index contributed by atoms with van der Waals surface area (Å²) in [6, 6.07) is 12.8. The number of hydrogen-bond donors (Lipinski definition) is 2. The van der Waals surface area contributed by atoms with Gasteiger partial charge < -0.3 is 5.32 Å². The lowest BCUT2D eigenvalue weighted by atomic mass is 10.0. The van der Waals surface area contributed by atoms with E-state index in [0.29, 0.717) is 17.0 Å². The third-order valence-corrected chi connectivity index (χ3v) is 5.45. The van der Waals surface area contributed by atoms with Crippen LogP contribution in [-0.4, -0.2) is 20.9 Å². The van der Waals surface area contributed by atoms with E-state index in [2.05, 4.69) is 16.0 Å². The molecule has 0 aromatic heterocycles. The molecule has 0 heterocycles. The van der Waals surface area contributed by atoms with Crippen LogP contribution in [0, 0.1) is 12.3 Å². The number of terminal acetylenes is 1. The highest BCUT2D eigenvalue weighted by Crippen LogP contribution is 2.20. The number of nitrogens with one attached hydrogen (secondary N) is 2. The lowest BCUT2D eigenvalue weighted by Crippen LogP contribution is -2.28. The van der Waals surface area contributed by atoms with Gasteiger partial charge in [0.15, 0.2) is 0 Å². The van der Waals surface area contributed by atoms with Crippen LogP contribution >= 0.6 is 11.6 Å². The van der Waals surface area contributed by atoms with Gasteiger partial charge >= 0.3 is 0 Å². The van der Waals surface area contributed by atoms with E-state index in [-0.39, 0.29) is 23.4 Å². The van der Waals surface area contributed by atoms with Crippen LogP contribution in [0.3, 0.4) is 0 Å². The first-order valence-electron chi connectivity index (χ1n) is 7.97. The van der Waals surface area contributed by atoms with E-state index >= 15 is 0 Å². The van der Waals surface area contributed by atoms with Crippen molar-refractivity contribution in [3.63, 3.8) is 0 Å². The van der Waals surface area contributed by atoms with Gasteiger partial charge in [-0.3, -0.25) is 4.79 Å². The van der Waals surface area contributed by atoms with Crippen molar-refractivity contribution < 1.29 is 13.2 Å². The average molecular weight is 391 g/mol. The Bertz CT molecular complexity index is 901. The molecule has 0 spiro atoms. The quantitative estimate of drug-likeness (QED) is 0.713. The second-order valence-electron chi connectivity index (χ2n) is 5.54. The molecule has 0 bridgehead atoms. The van der Waals surface area contributed by atoms with Gasteiger partial charge in [-0.05, 0) is 48.4 Å². The van der Waals surface area contributed by atoms with E-state index in [1.165, 1.54) is 24.3 Å². The number of hydrogen-bond acceptors (Lipinski definition) is 3. The second kappa shape index (κ2) is 8.86. The van der Waals surface area contributed by atoms with Crippen molar-refractivity contribution >= 4 is 27.5 Å². The van der Waals surface area contributed by atoms with Crippen molar-refractivity contribution in [3.8, 4) is 12.3 Å². The molecule has 26 heavy (non-hydrogen) atoms. The molecule has 0 radical (unpaired) electrons. The molecule has 1 atom stereocenters. The summed E-state index contributed by atoms with van der Waals surface area (Å²) in [4.78, 5) is 12.5. The Morgan fingerprint density at radius 1 is 1.15 bits per heavy atom. The molecule has 2 rings (SSSR count). The average Bonchev–Trinajstić information content (AvgIpc) is 2.65. The van der Waals surface area contributed by atoms with Gasteiger partial charge in [0.2, 0.25) is 10.0 Å². The summed E-state index contributed by atoms with van der Waals surface area (Å²) in [5, 5.41) is 3.57.